The zero-order chi connectivity index (χ0) is 14.8. The Morgan fingerprint density at radius 2 is 1.82 bits per heavy atom. The van der Waals surface area contributed by atoms with Crippen LogP contribution in [0.2, 0.25) is 0 Å². The standard InChI is InChI=1S/C18H11N3O/c19-13-8-10-5-3-7-14-15(10)16(17(13)22)21-9-11-4-1-2-6-12(11)18(21)20-14/h1-9H,19H2. The van der Waals surface area contributed by atoms with E-state index in [2.05, 4.69) is 0 Å². The fourth-order valence-corrected chi connectivity index (χ4v) is 3.28. The molecule has 2 heterocycles. The van der Waals surface area contributed by atoms with Crippen LogP contribution in [0.25, 0.3) is 38.2 Å². The molecule has 2 aromatic heterocycles. The molecule has 0 fully saturated rings. The lowest BCUT2D eigenvalue weighted by atomic mass is 10.1. The van der Waals surface area contributed by atoms with Crippen LogP contribution in [-0.4, -0.2) is 9.38 Å². The molecule has 5 aromatic rings. The molecule has 0 spiro atoms. The largest absolute Gasteiger partial charge is 0.395 e. The Morgan fingerprint density at radius 1 is 1.00 bits per heavy atom. The van der Waals surface area contributed by atoms with Crippen molar-refractivity contribution in [2.75, 3.05) is 5.73 Å². The molecular formula is C18H11N3O. The lowest BCUT2D eigenvalue weighted by Gasteiger charge is -2.08. The van der Waals surface area contributed by atoms with Crippen molar-refractivity contribution in [1.29, 1.82) is 0 Å². The van der Waals surface area contributed by atoms with Crippen LogP contribution >= 0.6 is 0 Å². The van der Waals surface area contributed by atoms with Crippen molar-refractivity contribution in [2.24, 2.45) is 0 Å². The number of benzene rings is 3. The summed E-state index contributed by atoms with van der Waals surface area (Å²) in [6.45, 7) is 0. The van der Waals surface area contributed by atoms with Crippen LogP contribution in [0.1, 0.15) is 0 Å². The summed E-state index contributed by atoms with van der Waals surface area (Å²) < 4.78 is 1.87. The normalized spacial score (nSPS) is 12.0. The molecule has 5 rings (SSSR count). The molecule has 0 amide bonds. The van der Waals surface area contributed by atoms with Gasteiger partial charge in [-0.25, -0.2) is 4.98 Å². The van der Waals surface area contributed by atoms with Crippen molar-refractivity contribution in [1.82, 2.24) is 9.38 Å². The van der Waals surface area contributed by atoms with Crippen molar-refractivity contribution in [2.45, 2.75) is 0 Å². The lowest BCUT2D eigenvalue weighted by Crippen LogP contribution is -2.12. The molecule has 4 nitrogen and oxygen atoms in total. The Hall–Kier alpha value is -3.14. The van der Waals surface area contributed by atoms with Crippen LogP contribution in [0, 0.1) is 0 Å². The van der Waals surface area contributed by atoms with Gasteiger partial charge in [0.25, 0.3) is 0 Å². The van der Waals surface area contributed by atoms with Gasteiger partial charge in [-0.15, -0.1) is 0 Å². The van der Waals surface area contributed by atoms with E-state index in [0.29, 0.717) is 5.52 Å². The van der Waals surface area contributed by atoms with E-state index in [-0.39, 0.29) is 11.1 Å². The predicted octanol–water partition coefficient (Wildman–Crippen LogP) is 3.17. The molecule has 2 N–H and O–H groups in total. The van der Waals surface area contributed by atoms with Gasteiger partial charge in [0.15, 0.2) is 0 Å². The number of hydrogen-bond acceptors (Lipinski definition) is 3. The van der Waals surface area contributed by atoms with Gasteiger partial charge in [0.05, 0.1) is 11.2 Å². The monoisotopic (exact) mass is 285 g/mol. The van der Waals surface area contributed by atoms with Crippen molar-refractivity contribution in [3.8, 4) is 0 Å². The number of fused-ring (bicyclic) bond motifs is 4. The summed E-state index contributed by atoms with van der Waals surface area (Å²) in [5.74, 6) is 0. The summed E-state index contributed by atoms with van der Waals surface area (Å²) in [6.07, 6.45) is 1.96. The van der Waals surface area contributed by atoms with Gasteiger partial charge in [0, 0.05) is 22.4 Å². The number of rotatable bonds is 0. The van der Waals surface area contributed by atoms with Gasteiger partial charge in [-0.2, -0.15) is 0 Å². The minimum atomic E-state index is -0.142. The van der Waals surface area contributed by atoms with E-state index in [4.69, 9.17) is 10.7 Å². The Balaban J connectivity index is 2.24. The van der Waals surface area contributed by atoms with Gasteiger partial charge in [-0.05, 0) is 17.5 Å². The Kier molecular flexibility index (Phi) is 1.96. The van der Waals surface area contributed by atoms with Gasteiger partial charge < -0.3 is 5.73 Å². The summed E-state index contributed by atoms with van der Waals surface area (Å²) >= 11 is 0. The zero-order valence-corrected chi connectivity index (χ0v) is 11.6. The average molecular weight is 285 g/mol. The molecule has 0 bridgehead atoms. The highest BCUT2D eigenvalue weighted by Crippen LogP contribution is 2.29. The van der Waals surface area contributed by atoms with Gasteiger partial charge in [-0.3, -0.25) is 9.20 Å². The molecule has 0 atom stereocenters. The Morgan fingerprint density at radius 3 is 2.73 bits per heavy atom. The molecule has 104 valence electrons. The number of nitrogens with zero attached hydrogens (tertiary/aromatic N) is 2. The fraction of sp³-hybridized carbons (Fsp3) is 0. The first-order valence-electron chi connectivity index (χ1n) is 7.08. The summed E-state index contributed by atoms with van der Waals surface area (Å²) in [7, 11) is 0. The molecule has 0 aliphatic heterocycles. The molecule has 0 saturated carbocycles. The van der Waals surface area contributed by atoms with Gasteiger partial charge in [-0.1, -0.05) is 36.4 Å². The molecular weight excluding hydrogens is 274 g/mol. The third kappa shape index (κ3) is 1.27. The molecule has 3 aromatic carbocycles. The SMILES string of the molecule is Nc1cc2cccc3nc4c5ccccc5cn4c(c1=O)c23. The number of hydrogen-bond donors (Lipinski definition) is 1. The van der Waals surface area contributed by atoms with E-state index in [1.165, 1.54) is 0 Å². The first kappa shape index (κ1) is 11.5. The Bertz CT molecular complexity index is 1250. The first-order chi connectivity index (χ1) is 10.7. The van der Waals surface area contributed by atoms with Gasteiger partial charge in [0.2, 0.25) is 5.43 Å². The second-order valence-corrected chi connectivity index (χ2v) is 5.54. The van der Waals surface area contributed by atoms with Crippen LogP contribution < -0.4 is 11.2 Å². The van der Waals surface area contributed by atoms with E-state index >= 15 is 0 Å². The average Bonchev–Trinajstić information content (AvgIpc) is 2.90. The van der Waals surface area contributed by atoms with Crippen LogP contribution in [0.5, 0.6) is 0 Å². The van der Waals surface area contributed by atoms with Crippen molar-refractivity contribution < 1.29 is 0 Å². The number of anilines is 1. The van der Waals surface area contributed by atoms with Crippen molar-refractivity contribution in [3.05, 3.63) is 65.0 Å². The minimum absolute atomic E-state index is 0.142. The summed E-state index contributed by atoms with van der Waals surface area (Å²) in [5, 5.41) is 3.90. The minimum Gasteiger partial charge on any atom is -0.395 e. The van der Waals surface area contributed by atoms with Crippen LogP contribution in [0.15, 0.2) is 59.5 Å². The van der Waals surface area contributed by atoms with E-state index in [9.17, 15) is 4.79 Å². The number of nitrogens with two attached hydrogens (primary N) is 1. The van der Waals surface area contributed by atoms with Crippen LogP contribution in [0.3, 0.4) is 0 Å². The molecule has 0 aliphatic carbocycles. The maximum Gasteiger partial charge on any atom is 0.226 e. The highest BCUT2D eigenvalue weighted by atomic mass is 16.1. The van der Waals surface area contributed by atoms with Gasteiger partial charge in [0.1, 0.15) is 11.2 Å². The maximum absolute atomic E-state index is 12.7. The molecule has 0 aliphatic rings. The highest BCUT2D eigenvalue weighted by molar-refractivity contribution is 6.11. The topological polar surface area (TPSA) is 60.4 Å². The summed E-state index contributed by atoms with van der Waals surface area (Å²) in [4.78, 5) is 17.4. The second-order valence-electron chi connectivity index (χ2n) is 5.54. The highest BCUT2D eigenvalue weighted by Gasteiger charge is 2.15. The van der Waals surface area contributed by atoms with Gasteiger partial charge >= 0.3 is 0 Å². The smallest absolute Gasteiger partial charge is 0.226 e. The lowest BCUT2D eigenvalue weighted by molar-refractivity contribution is 1.22. The molecule has 0 radical (unpaired) electrons. The summed E-state index contributed by atoms with van der Waals surface area (Å²) in [5.41, 5.74) is 8.27. The van der Waals surface area contributed by atoms with E-state index in [1.807, 2.05) is 53.1 Å². The fourth-order valence-electron chi connectivity index (χ4n) is 3.28. The van der Waals surface area contributed by atoms with Crippen molar-refractivity contribution >= 4 is 43.9 Å². The first-order valence-corrected chi connectivity index (χ1v) is 7.08. The summed E-state index contributed by atoms with van der Waals surface area (Å²) in [6, 6.07) is 15.6. The van der Waals surface area contributed by atoms with E-state index < -0.39 is 0 Å². The maximum atomic E-state index is 12.7. The van der Waals surface area contributed by atoms with Crippen molar-refractivity contribution in [3.63, 3.8) is 0 Å². The third-order valence-electron chi connectivity index (χ3n) is 4.27. The van der Waals surface area contributed by atoms with Crippen LogP contribution in [-0.2, 0) is 0 Å². The molecule has 0 saturated heterocycles. The number of nitrogen functional groups attached to an aromatic ring is 1. The quantitative estimate of drug-likeness (QED) is 0.444. The predicted molar refractivity (Wildman–Crippen MR) is 89.6 cm³/mol. The zero-order valence-electron chi connectivity index (χ0n) is 11.6. The number of aromatic nitrogens is 2. The van der Waals surface area contributed by atoms with E-state index in [0.717, 1.165) is 32.7 Å². The third-order valence-corrected chi connectivity index (χ3v) is 4.27. The molecule has 4 heteroatoms. The second kappa shape index (κ2) is 3.74. The molecule has 0 unspecified atom stereocenters. The van der Waals surface area contributed by atoms with E-state index in [1.54, 1.807) is 6.07 Å². The Labute approximate surface area is 124 Å². The van der Waals surface area contributed by atoms with Crippen LogP contribution in [0.4, 0.5) is 5.69 Å². The molecule has 22 heavy (non-hydrogen) atoms.